The molecule has 6 nitrogen and oxygen atoms in total. The fraction of sp³-hybridized carbons (Fsp3) is 0.615. The van der Waals surface area contributed by atoms with Crippen LogP contribution in [0, 0.1) is 5.92 Å². The number of aromatic nitrogens is 4. The second-order valence-corrected chi connectivity index (χ2v) is 5.26. The minimum absolute atomic E-state index is 0.486. The molecule has 0 aliphatic heterocycles. The van der Waals surface area contributed by atoms with Crippen LogP contribution in [0.3, 0.4) is 0 Å². The van der Waals surface area contributed by atoms with E-state index in [0.717, 1.165) is 11.3 Å². The molecule has 2 heterocycles. The molecule has 0 spiro atoms. The quantitative estimate of drug-likeness (QED) is 0.789. The van der Waals surface area contributed by atoms with Gasteiger partial charge in [0.2, 0.25) is 5.95 Å². The topological polar surface area (TPSA) is 78.5 Å². The number of nitrogens with one attached hydrogen (secondary N) is 3. The predicted octanol–water partition coefficient (Wildman–Crippen LogP) is 2.39. The van der Waals surface area contributed by atoms with Gasteiger partial charge in [0.1, 0.15) is 5.52 Å². The number of anilines is 2. The summed E-state index contributed by atoms with van der Waals surface area (Å²) >= 11 is 0. The van der Waals surface area contributed by atoms with Gasteiger partial charge in [0, 0.05) is 13.1 Å². The SMILES string of the molecule is CNc1nc(NC2CCCCC2C)c2[nH]cnc2n1. The third-order valence-corrected chi connectivity index (χ3v) is 3.94. The van der Waals surface area contributed by atoms with Crippen LogP contribution < -0.4 is 10.6 Å². The molecule has 0 saturated heterocycles. The number of hydrogen-bond donors (Lipinski definition) is 3. The molecule has 1 fully saturated rings. The summed E-state index contributed by atoms with van der Waals surface area (Å²) in [5.74, 6) is 2.14. The molecule has 1 saturated carbocycles. The van der Waals surface area contributed by atoms with E-state index < -0.39 is 0 Å². The second kappa shape index (κ2) is 5.03. The Morgan fingerprint density at radius 3 is 2.89 bits per heavy atom. The lowest BCUT2D eigenvalue weighted by Gasteiger charge is -2.30. The van der Waals surface area contributed by atoms with Crippen LogP contribution in [0.25, 0.3) is 11.2 Å². The Hall–Kier alpha value is -1.85. The van der Waals surface area contributed by atoms with E-state index in [1.54, 1.807) is 6.33 Å². The lowest BCUT2D eigenvalue weighted by molar-refractivity contribution is 0.349. The summed E-state index contributed by atoms with van der Waals surface area (Å²) in [4.78, 5) is 16.2. The maximum atomic E-state index is 4.52. The standard InChI is InChI=1S/C13H20N6/c1-8-5-3-4-6-9(8)17-12-10-11(16-7-15-10)18-13(14-2)19-12/h7-9H,3-6H2,1-2H3,(H3,14,15,16,17,18,19). The van der Waals surface area contributed by atoms with Crippen LogP contribution >= 0.6 is 0 Å². The highest BCUT2D eigenvalue weighted by Crippen LogP contribution is 2.28. The number of nitrogens with zero attached hydrogens (tertiary/aromatic N) is 3. The van der Waals surface area contributed by atoms with Crippen molar-refractivity contribution in [1.29, 1.82) is 0 Å². The Morgan fingerprint density at radius 1 is 1.26 bits per heavy atom. The van der Waals surface area contributed by atoms with E-state index in [1.807, 2.05) is 7.05 Å². The van der Waals surface area contributed by atoms with Gasteiger partial charge in [-0.2, -0.15) is 9.97 Å². The first kappa shape index (κ1) is 12.2. The van der Waals surface area contributed by atoms with Gasteiger partial charge >= 0.3 is 0 Å². The Bertz CT molecular complexity index is 563. The molecule has 3 rings (SSSR count). The fourth-order valence-corrected chi connectivity index (χ4v) is 2.76. The van der Waals surface area contributed by atoms with Crippen molar-refractivity contribution in [3.63, 3.8) is 0 Å². The molecule has 0 aromatic carbocycles. The van der Waals surface area contributed by atoms with Crippen LogP contribution in [-0.4, -0.2) is 33.0 Å². The molecule has 0 bridgehead atoms. The minimum atomic E-state index is 0.486. The smallest absolute Gasteiger partial charge is 0.226 e. The Morgan fingerprint density at radius 2 is 2.11 bits per heavy atom. The highest BCUT2D eigenvalue weighted by molar-refractivity contribution is 5.83. The number of rotatable bonds is 3. The largest absolute Gasteiger partial charge is 0.365 e. The molecule has 2 atom stereocenters. The molecule has 102 valence electrons. The molecule has 19 heavy (non-hydrogen) atoms. The summed E-state index contributed by atoms with van der Waals surface area (Å²) in [6.07, 6.45) is 6.78. The number of hydrogen-bond acceptors (Lipinski definition) is 5. The summed E-state index contributed by atoms with van der Waals surface area (Å²) in [7, 11) is 1.82. The van der Waals surface area contributed by atoms with Crippen molar-refractivity contribution >= 4 is 22.9 Å². The summed E-state index contributed by atoms with van der Waals surface area (Å²) in [5.41, 5.74) is 1.59. The Balaban J connectivity index is 1.92. The zero-order valence-electron chi connectivity index (χ0n) is 11.4. The average molecular weight is 260 g/mol. The first-order valence-corrected chi connectivity index (χ1v) is 6.93. The third-order valence-electron chi connectivity index (χ3n) is 3.94. The maximum Gasteiger partial charge on any atom is 0.226 e. The number of imidazole rings is 1. The lowest BCUT2D eigenvalue weighted by atomic mass is 9.86. The van der Waals surface area contributed by atoms with Gasteiger partial charge in [-0.25, -0.2) is 4.98 Å². The molecule has 6 heteroatoms. The molecular formula is C13H20N6. The highest BCUT2D eigenvalue weighted by Gasteiger charge is 2.22. The van der Waals surface area contributed by atoms with E-state index in [4.69, 9.17) is 0 Å². The van der Waals surface area contributed by atoms with E-state index in [2.05, 4.69) is 37.5 Å². The van der Waals surface area contributed by atoms with Crippen LogP contribution in [-0.2, 0) is 0 Å². The van der Waals surface area contributed by atoms with Crippen LogP contribution in [0.5, 0.6) is 0 Å². The molecule has 0 radical (unpaired) electrons. The van der Waals surface area contributed by atoms with Crippen LogP contribution in [0.2, 0.25) is 0 Å². The Labute approximate surface area is 112 Å². The van der Waals surface area contributed by atoms with E-state index in [9.17, 15) is 0 Å². The summed E-state index contributed by atoms with van der Waals surface area (Å²) in [6.45, 7) is 2.31. The molecule has 1 aliphatic rings. The van der Waals surface area contributed by atoms with Crippen molar-refractivity contribution in [2.24, 2.45) is 5.92 Å². The van der Waals surface area contributed by atoms with Gasteiger partial charge < -0.3 is 15.6 Å². The maximum absolute atomic E-state index is 4.52. The first-order valence-electron chi connectivity index (χ1n) is 6.93. The van der Waals surface area contributed by atoms with Crippen LogP contribution in [0.15, 0.2) is 6.33 Å². The minimum Gasteiger partial charge on any atom is -0.365 e. The fourth-order valence-electron chi connectivity index (χ4n) is 2.76. The molecule has 1 aliphatic carbocycles. The van der Waals surface area contributed by atoms with Crippen molar-refractivity contribution < 1.29 is 0 Å². The molecule has 2 aromatic heterocycles. The van der Waals surface area contributed by atoms with Gasteiger partial charge in [0.15, 0.2) is 11.5 Å². The molecule has 2 unspecified atom stereocenters. The van der Waals surface area contributed by atoms with Crippen molar-refractivity contribution in [1.82, 2.24) is 19.9 Å². The summed E-state index contributed by atoms with van der Waals surface area (Å²) in [5, 5.41) is 6.55. The van der Waals surface area contributed by atoms with E-state index in [-0.39, 0.29) is 0 Å². The van der Waals surface area contributed by atoms with Crippen molar-refractivity contribution in [2.45, 2.75) is 38.6 Å². The van der Waals surface area contributed by atoms with Gasteiger partial charge in [-0.3, -0.25) is 0 Å². The monoisotopic (exact) mass is 260 g/mol. The zero-order valence-corrected chi connectivity index (χ0v) is 11.4. The molecular weight excluding hydrogens is 240 g/mol. The van der Waals surface area contributed by atoms with Crippen molar-refractivity contribution in [3.8, 4) is 0 Å². The number of H-pyrrole nitrogens is 1. The molecule has 2 aromatic rings. The first-order chi connectivity index (χ1) is 9.28. The molecule has 3 N–H and O–H groups in total. The van der Waals surface area contributed by atoms with E-state index >= 15 is 0 Å². The van der Waals surface area contributed by atoms with E-state index in [0.29, 0.717) is 23.6 Å². The normalized spacial score (nSPS) is 23.5. The Kier molecular flexibility index (Phi) is 3.23. The summed E-state index contributed by atoms with van der Waals surface area (Å²) in [6, 6.07) is 0.486. The van der Waals surface area contributed by atoms with Crippen molar-refractivity contribution in [2.75, 3.05) is 17.7 Å². The molecule has 0 amide bonds. The zero-order chi connectivity index (χ0) is 13.2. The third kappa shape index (κ3) is 2.34. The summed E-state index contributed by atoms with van der Waals surface area (Å²) < 4.78 is 0. The van der Waals surface area contributed by atoms with Crippen molar-refractivity contribution in [3.05, 3.63) is 6.33 Å². The number of aromatic amines is 1. The van der Waals surface area contributed by atoms with Gasteiger partial charge in [0.25, 0.3) is 0 Å². The van der Waals surface area contributed by atoms with Gasteiger partial charge in [-0.1, -0.05) is 19.8 Å². The van der Waals surface area contributed by atoms with Gasteiger partial charge in [0.05, 0.1) is 6.33 Å². The predicted molar refractivity (Wildman–Crippen MR) is 76.3 cm³/mol. The second-order valence-electron chi connectivity index (χ2n) is 5.26. The number of fused-ring (bicyclic) bond motifs is 1. The average Bonchev–Trinajstić information content (AvgIpc) is 2.89. The highest BCUT2D eigenvalue weighted by atomic mass is 15.2. The van der Waals surface area contributed by atoms with Crippen LogP contribution in [0.4, 0.5) is 11.8 Å². The van der Waals surface area contributed by atoms with Gasteiger partial charge in [-0.15, -0.1) is 0 Å². The van der Waals surface area contributed by atoms with Gasteiger partial charge in [-0.05, 0) is 18.8 Å². The van der Waals surface area contributed by atoms with Crippen LogP contribution in [0.1, 0.15) is 32.6 Å². The van der Waals surface area contributed by atoms with E-state index in [1.165, 1.54) is 25.7 Å². The lowest BCUT2D eigenvalue weighted by Crippen LogP contribution is -2.30.